The van der Waals surface area contributed by atoms with Gasteiger partial charge < -0.3 is 10.1 Å². The van der Waals surface area contributed by atoms with E-state index in [4.69, 9.17) is 4.74 Å². The largest absolute Gasteiger partial charge is 0.380 e. The van der Waals surface area contributed by atoms with Crippen LogP contribution in [0.1, 0.15) is 18.4 Å². The van der Waals surface area contributed by atoms with Gasteiger partial charge in [-0.15, -0.1) is 11.8 Å². The van der Waals surface area contributed by atoms with E-state index in [2.05, 4.69) is 29.6 Å². The van der Waals surface area contributed by atoms with E-state index in [1.54, 1.807) is 0 Å². The Morgan fingerprint density at radius 2 is 2.29 bits per heavy atom. The first-order valence-corrected chi connectivity index (χ1v) is 7.35. The fourth-order valence-corrected chi connectivity index (χ4v) is 3.83. The lowest BCUT2D eigenvalue weighted by Crippen LogP contribution is -2.40. The molecule has 92 valence electrons. The number of hydrogen-bond acceptors (Lipinski definition) is 3. The summed E-state index contributed by atoms with van der Waals surface area (Å²) in [5, 5.41) is 4.36. The minimum absolute atomic E-state index is 0.577. The molecule has 2 unspecified atom stereocenters. The lowest BCUT2D eigenvalue weighted by molar-refractivity contribution is 0.0707. The average Bonchev–Trinajstić information content (AvgIpc) is 2.80. The summed E-state index contributed by atoms with van der Waals surface area (Å²) in [5.74, 6) is 0. The second-order valence-corrected chi connectivity index (χ2v) is 6.22. The van der Waals surface area contributed by atoms with Crippen LogP contribution >= 0.6 is 11.8 Å². The molecule has 1 N–H and O–H groups in total. The third-order valence-corrected chi connectivity index (χ3v) is 4.83. The van der Waals surface area contributed by atoms with Crippen molar-refractivity contribution >= 4 is 11.8 Å². The van der Waals surface area contributed by atoms with Crippen LogP contribution in [0.4, 0.5) is 0 Å². The predicted octanol–water partition coefficient (Wildman–Crippen LogP) is 2.47. The second-order valence-electron chi connectivity index (χ2n) is 4.87. The van der Waals surface area contributed by atoms with Gasteiger partial charge in [-0.25, -0.2) is 0 Å². The molecule has 0 aromatic heterocycles. The van der Waals surface area contributed by atoms with Crippen molar-refractivity contribution < 1.29 is 4.74 Å². The van der Waals surface area contributed by atoms with E-state index in [0.717, 1.165) is 19.8 Å². The molecule has 0 saturated carbocycles. The molecule has 0 spiro atoms. The number of nitrogens with one attached hydrogen (secondary N) is 1. The molecule has 1 aromatic carbocycles. The van der Waals surface area contributed by atoms with E-state index in [1.165, 1.54) is 29.7 Å². The van der Waals surface area contributed by atoms with Crippen LogP contribution in [-0.2, 0) is 11.2 Å². The highest BCUT2D eigenvalue weighted by atomic mass is 32.2. The summed E-state index contributed by atoms with van der Waals surface area (Å²) in [7, 11) is 0. The Balaban J connectivity index is 1.48. The van der Waals surface area contributed by atoms with Gasteiger partial charge in [-0.1, -0.05) is 18.2 Å². The SMILES string of the molecule is c1ccc2c(c1)CC(CNC1CCCOC1)S2. The van der Waals surface area contributed by atoms with E-state index in [9.17, 15) is 0 Å². The van der Waals surface area contributed by atoms with Gasteiger partial charge in [0.15, 0.2) is 0 Å². The Labute approximate surface area is 107 Å². The Morgan fingerprint density at radius 1 is 1.35 bits per heavy atom. The summed E-state index contributed by atoms with van der Waals surface area (Å²) in [6, 6.07) is 9.35. The van der Waals surface area contributed by atoms with Crippen molar-refractivity contribution in [1.82, 2.24) is 5.32 Å². The highest BCUT2D eigenvalue weighted by molar-refractivity contribution is 8.00. The molecule has 1 fully saturated rings. The summed E-state index contributed by atoms with van der Waals surface area (Å²) in [4.78, 5) is 1.47. The molecule has 0 bridgehead atoms. The smallest absolute Gasteiger partial charge is 0.0619 e. The number of fused-ring (bicyclic) bond motifs is 1. The van der Waals surface area contributed by atoms with Crippen LogP contribution in [0, 0.1) is 0 Å². The highest BCUT2D eigenvalue weighted by Crippen LogP contribution is 2.36. The average molecular weight is 249 g/mol. The third kappa shape index (κ3) is 2.84. The summed E-state index contributed by atoms with van der Waals surface area (Å²) in [6.07, 6.45) is 3.68. The molecular weight excluding hydrogens is 230 g/mol. The molecular formula is C14H19NOS. The lowest BCUT2D eigenvalue weighted by Gasteiger charge is -2.24. The van der Waals surface area contributed by atoms with Gasteiger partial charge in [-0.05, 0) is 30.9 Å². The van der Waals surface area contributed by atoms with E-state index >= 15 is 0 Å². The molecule has 2 atom stereocenters. The molecule has 3 rings (SSSR count). The number of hydrogen-bond donors (Lipinski definition) is 1. The van der Waals surface area contributed by atoms with Crippen molar-refractivity contribution in [1.29, 1.82) is 0 Å². The van der Waals surface area contributed by atoms with E-state index in [1.807, 2.05) is 11.8 Å². The summed E-state index contributed by atoms with van der Waals surface area (Å²) >= 11 is 2.02. The zero-order valence-electron chi connectivity index (χ0n) is 10.0. The van der Waals surface area contributed by atoms with Crippen molar-refractivity contribution in [3.8, 4) is 0 Å². The molecule has 0 amide bonds. The first-order chi connectivity index (χ1) is 8.42. The molecule has 1 saturated heterocycles. The Bertz CT molecular complexity index is 351. The molecule has 1 aromatic rings. The topological polar surface area (TPSA) is 21.3 Å². The van der Waals surface area contributed by atoms with Gasteiger partial charge in [-0.2, -0.15) is 0 Å². The maximum absolute atomic E-state index is 5.49. The Kier molecular flexibility index (Phi) is 3.69. The number of benzene rings is 1. The van der Waals surface area contributed by atoms with Crippen molar-refractivity contribution in [3.05, 3.63) is 29.8 Å². The van der Waals surface area contributed by atoms with Crippen LogP contribution in [0.3, 0.4) is 0 Å². The monoisotopic (exact) mass is 249 g/mol. The zero-order chi connectivity index (χ0) is 11.5. The second kappa shape index (κ2) is 5.42. The number of thioether (sulfide) groups is 1. The molecule has 2 nitrogen and oxygen atoms in total. The van der Waals surface area contributed by atoms with E-state index in [0.29, 0.717) is 11.3 Å². The zero-order valence-corrected chi connectivity index (χ0v) is 10.8. The van der Waals surface area contributed by atoms with Gasteiger partial charge in [0.05, 0.1) is 6.61 Å². The van der Waals surface area contributed by atoms with E-state index < -0.39 is 0 Å². The summed E-state index contributed by atoms with van der Waals surface area (Å²) in [5.41, 5.74) is 1.52. The predicted molar refractivity (Wildman–Crippen MR) is 71.6 cm³/mol. The van der Waals surface area contributed by atoms with Crippen molar-refractivity contribution in [2.24, 2.45) is 0 Å². The summed E-state index contributed by atoms with van der Waals surface area (Å²) in [6.45, 7) is 2.94. The van der Waals surface area contributed by atoms with Crippen LogP contribution in [0.5, 0.6) is 0 Å². The van der Waals surface area contributed by atoms with Gasteiger partial charge in [0.25, 0.3) is 0 Å². The van der Waals surface area contributed by atoms with Gasteiger partial charge in [0, 0.05) is 29.3 Å². The molecule has 17 heavy (non-hydrogen) atoms. The number of ether oxygens (including phenoxy) is 1. The van der Waals surface area contributed by atoms with Gasteiger partial charge in [0.2, 0.25) is 0 Å². The van der Waals surface area contributed by atoms with Gasteiger partial charge >= 0.3 is 0 Å². The maximum atomic E-state index is 5.49. The van der Waals surface area contributed by atoms with Crippen molar-refractivity contribution in [3.63, 3.8) is 0 Å². The fraction of sp³-hybridized carbons (Fsp3) is 0.571. The molecule has 0 radical (unpaired) electrons. The molecule has 3 heteroatoms. The molecule has 2 heterocycles. The van der Waals surface area contributed by atoms with Crippen LogP contribution in [0.25, 0.3) is 0 Å². The van der Waals surface area contributed by atoms with Crippen molar-refractivity contribution in [2.45, 2.75) is 35.4 Å². The number of rotatable bonds is 3. The fourth-order valence-electron chi connectivity index (χ4n) is 2.57. The van der Waals surface area contributed by atoms with Crippen LogP contribution < -0.4 is 5.32 Å². The maximum Gasteiger partial charge on any atom is 0.0619 e. The Hall–Kier alpha value is -0.510. The third-order valence-electron chi connectivity index (χ3n) is 3.51. The van der Waals surface area contributed by atoms with Gasteiger partial charge in [0.1, 0.15) is 0 Å². The van der Waals surface area contributed by atoms with Crippen LogP contribution in [0.2, 0.25) is 0 Å². The van der Waals surface area contributed by atoms with Crippen LogP contribution in [0.15, 0.2) is 29.2 Å². The minimum atomic E-state index is 0.577. The first-order valence-electron chi connectivity index (χ1n) is 6.47. The first kappa shape index (κ1) is 11.6. The molecule has 0 aliphatic carbocycles. The lowest BCUT2D eigenvalue weighted by atomic mass is 10.1. The van der Waals surface area contributed by atoms with Crippen molar-refractivity contribution in [2.75, 3.05) is 19.8 Å². The molecule has 2 aliphatic rings. The standard InChI is InChI=1S/C14H19NOS/c1-2-6-14-11(4-1)8-13(17-14)9-15-12-5-3-7-16-10-12/h1-2,4,6,12-13,15H,3,5,7-10H2. The minimum Gasteiger partial charge on any atom is -0.380 e. The van der Waals surface area contributed by atoms with Gasteiger partial charge in [-0.3, -0.25) is 0 Å². The van der Waals surface area contributed by atoms with E-state index in [-0.39, 0.29) is 0 Å². The quantitative estimate of drug-likeness (QED) is 0.889. The Morgan fingerprint density at radius 3 is 3.12 bits per heavy atom. The highest BCUT2D eigenvalue weighted by Gasteiger charge is 2.23. The molecule has 2 aliphatic heterocycles. The normalized spacial score (nSPS) is 28.0. The van der Waals surface area contributed by atoms with Crippen LogP contribution in [-0.4, -0.2) is 31.1 Å². The summed E-state index contributed by atoms with van der Waals surface area (Å²) < 4.78 is 5.49.